The van der Waals surface area contributed by atoms with Crippen LogP contribution in [0.3, 0.4) is 0 Å². The van der Waals surface area contributed by atoms with Crippen LogP contribution in [0.5, 0.6) is 0 Å². The van der Waals surface area contributed by atoms with Crippen LogP contribution in [-0.4, -0.2) is 11.9 Å². The molecule has 0 saturated heterocycles. The summed E-state index contributed by atoms with van der Waals surface area (Å²) in [4.78, 5) is 21.6. The number of hydrogen-bond acceptors (Lipinski definition) is 3. The van der Waals surface area contributed by atoms with Gasteiger partial charge in [-0.1, -0.05) is 0 Å². The van der Waals surface area contributed by atoms with E-state index in [9.17, 15) is 9.59 Å². The topological polar surface area (TPSA) is 60.3 Å². The van der Waals surface area contributed by atoms with E-state index in [1.54, 1.807) is 10.8 Å². The molecule has 1 aromatic heterocycles. The zero-order valence-electron chi connectivity index (χ0n) is 5.33. The standard InChI is InChI=1S/C6H3N2O2S/c9-5-3-1-11-2-4(3)7-6(10)8-5/h1-2H,(H,7,10). The van der Waals surface area contributed by atoms with E-state index in [4.69, 9.17) is 0 Å². The molecule has 0 bridgehead atoms. The van der Waals surface area contributed by atoms with Crippen LogP contribution < -0.4 is 10.6 Å². The van der Waals surface area contributed by atoms with Gasteiger partial charge in [0.1, 0.15) is 0 Å². The predicted octanol–water partition coefficient (Wildman–Crippen LogP) is 1.04. The monoisotopic (exact) mass is 167 g/mol. The number of amides is 3. The van der Waals surface area contributed by atoms with Crippen molar-refractivity contribution in [2.24, 2.45) is 0 Å². The molecule has 0 unspecified atom stereocenters. The molecule has 11 heavy (non-hydrogen) atoms. The van der Waals surface area contributed by atoms with Gasteiger partial charge >= 0.3 is 6.03 Å². The minimum atomic E-state index is -0.583. The lowest BCUT2D eigenvalue weighted by Gasteiger charge is -2.09. The van der Waals surface area contributed by atoms with Crippen molar-refractivity contribution in [3.63, 3.8) is 0 Å². The summed E-state index contributed by atoms with van der Waals surface area (Å²) in [6.45, 7) is 0. The first-order valence-corrected chi connectivity index (χ1v) is 3.85. The summed E-state index contributed by atoms with van der Waals surface area (Å²) in [5, 5.41) is 9.04. The molecule has 1 aliphatic heterocycles. The van der Waals surface area contributed by atoms with Crippen molar-refractivity contribution in [3.05, 3.63) is 16.3 Å². The fraction of sp³-hybridized carbons (Fsp3) is 0. The third-order valence-corrected chi connectivity index (χ3v) is 2.08. The minimum absolute atomic E-state index is 0.454. The molecule has 3 amide bonds. The van der Waals surface area contributed by atoms with Crippen LogP contribution in [0.25, 0.3) is 0 Å². The van der Waals surface area contributed by atoms with Gasteiger partial charge in [-0.15, -0.1) is 11.3 Å². The van der Waals surface area contributed by atoms with Gasteiger partial charge in [-0.25, -0.2) is 4.79 Å². The number of hydrogen-bond donors (Lipinski definition) is 1. The molecule has 0 aromatic carbocycles. The van der Waals surface area contributed by atoms with Gasteiger partial charge in [-0.3, -0.25) is 4.79 Å². The van der Waals surface area contributed by atoms with Crippen molar-refractivity contribution in [2.45, 2.75) is 0 Å². The molecule has 0 atom stereocenters. The number of rotatable bonds is 0. The molecule has 2 rings (SSSR count). The van der Waals surface area contributed by atoms with Crippen LogP contribution in [0.15, 0.2) is 10.8 Å². The second-order valence-corrected chi connectivity index (χ2v) is 2.79. The molecule has 2 heterocycles. The first-order valence-electron chi connectivity index (χ1n) is 2.90. The predicted molar refractivity (Wildman–Crippen MR) is 39.8 cm³/mol. The van der Waals surface area contributed by atoms with Crippen LogP contribution in [0, 0.1) is 0 Å². The maximum Gasteiger partial charge on any atom is 0.348 e. The summed E-state index contributed by atoms with van der Waals surface area (Å²) in [5.74, 6) is -0.454. The number of nitrogens with one attached hydrogen (secondary N) is 1. The van der Waals surface area contributed by atoms with E-state index >= 15 is 0 Å². The number of carbonyl (C=O) groups excluding carboxylic acids is 2. The second kappa shape index (κ2) is 2.06. The average Bonchev–Trinajstić information content (AvgIpc) is 2.34. The highest BCUT2D eigenvalue weighted by atomic mass is 32.1. The largest absolute Gasteiger partial charge is 0.348 e. The van der Waals surface area contributed by atoms with Crippen molar-refractivity contribution in [2.75, 3.05) is 5.32 Å². The van der Waals surface area contributed by atoms with Gasteiger partial charge < -0.3 is 5.32 Å². The molecule has 0 aliphatic carbocycles. The molecule has 1 aromatic rings. The summed E-state index contributed by atoms with van der Waals surface area (Å²) in [7, 11) is 0. The number of urea groups is 1. The number of anilines is 1. The Hall–Kier alpha value is -1.36. The second-order valence-electron chi connectivity index (χ2n) is 2.05. The average molecular weight is 167 g/mol. The highest BCUT2D eigenvalue weighted by molar-refractivity contribution is 7.08. The number of fused-ring (bicyclic) bond motifs is 1. The SMILES string of the molecule is O=C1[N]C(=O)c2cscc2N1. The Morgan fingerprint density at radius 2 is 2.18 bits per heavy atom. The van der Waals surface area contributed by atoms with Gasteiger partial charge in [0.2, 0.25) is 0 Å². The molecule has 0 spiro atoms. The van der Waals surface area contributed by atoms with Gasteiger partial charge in [-0.05, 0) is 0 Å². The van der Waals surface area contributed by atoms with Crippen LogP contribution in [0.2, 0.25) is 0 Å². The maximum atomic E-state index is 10.9. The summed E-state index contributed by atoms with van der Waals surface area (Å²) < 4.78 is 0. The van der Waals surface area contributed by atoms with Gasteiger partial charge in [0.15, 0.2) is 0 Å². The van der Waals surface area contributed by atoms with E-state index in [-0.39, 0.29) is 0 Å². The van der Waals surface area contributed by atoms with Gasteiger partial charge in [0.25, 0.3) is 5.91 Å². The Balaban J connectivity index is 2.52. The van der Waals surface area contributed by atoms with E-state index in [0.717, 1.165) is 0 Å². The van der Waals surface area contributed by atoms with E-state index < -0.39 is 11.9 Å². The zero-order valence-corrected chi connectivity index (χ0v) is 6.14. The first-order chi connectivity index (χ1) is 5.27. The lowest BCUT2D eigenvalue weighted by Crippen LogP contribution is -2.32. The maximum absolute atomic E-state index is 10.9. The van der Waals surface area contributed by atoms with E-state index in [2.05, 4.69) is 10.6 Å². The highest BCUT2D eigenvalue weighted by Crippen LogP contribution is 2.23. The molecule has 4 nitrogen and oxygen atoms in total. The number of nitrogens with zero attached hydrogens (tertiary/aromatic N) is 1. The smallest absolute Gasteiger partial charge is 0.304 e. The van der Waals surface area contributed by atoms with Gasteiger partial charge in [0.05, 0.1) is 11.3 Å². The van der Waals surface area contributed by atoms with Crippen molar-refractivity contribution < 1.29 is 9.59 Å². The lowest BCUT2D eigenvalue weighted by molar-refractivity contribution is 0.0961. The van der Waals surface area contributed by atoms with Gasteiger partial charge in [0, 0.05) is 10.8 Å². The summed E-state index contributed by atoms with van der Waals surface area (Å²) in [6, 6.07) is -0.583. The number of imide groups is 1. The van der Waals surface area contributed by atoms with Crippen LogP contribution >= 0.6 is 11.3 Å². The first kappa shape index (κ1) is 6.36. The summed E-state index contributed by atoms with van der Waals surface area (Å²) >= 11 is 1.37. The quantitative estimate of drug-likeness (QED) is 0.627. The highest BCUT2D eigenvalue weighted by Gasteiger charge is 2.23. The Morgan fingerprint density at radius 3 is 3.00 bits per heavy atom. The Kier molecular flexibility index (Phi) is 1.19. The van der Waals surface area contributed by atoms with E-state index in [1.807, 2.05) is 0 Å². The molecule has 1 N–H and O–H groups in total. The molecular formula is C6H3N2O2S. The Morgan fingerprint density at radius 1 is 1.36 bits per heavy atom. The van der Waals surface area contributed by atoms with E-state index in [0.29, 0.717) is 11.3 Å². The lowest BCUT2D eigenvalue weighted by atomic mass is 10.2. The summed E-state index contributed by atoms with van der Waals surface area (Å²) in [6.07, 6.45) is 0. The third-order valence-electron chi connectivity index (χ3n) is 1.34. The van der Waals surface area contributed by atoms with Crippen LogP contribution in [-0.2, 0) is 0 Å². The van der Waals surface area contributed by atoms with Crippen molar-refractivity contribution >= 4 is 29.0 Å². The fourth-order valence-electron chi connectivity index (χ4n) is 0.855. The Labute approximate surface area is 66.2 Å². The molecule has 0 saturated carbocycles. The van der Waals surface area contributed by atoms with Crippen molar-refractivity contribution in [3.8, 4) is 0 Å². The molecule has 1 radical (unpaired) electrons. The Bertz CT molecular complexity index is 331. The molecule has 5 heteroatoms. The number of thiophene rings is 1. The molecule has 0 fully saturated rings. The van der Waals surface area contributed by atoms with Crippen molar-refractivity contribution in [1.29, 1.82) is 0 Å². The normalized spacial score (nSPS) is 15.3. The van der Waals surface area contributed by atoms with Gasteiger partial charge in [-0.2, -0.15) is 5.32 Å². The van der Waals surface area contributed by atoms with Crippen molar-refractivity contribution in [1.82, 2.24) is 5.32 Å². The molecule has 55 valence electrons. The molecular weight excluding hydrogens is 164 g/mol. The van der Waals surface area contributed by atoms with Crippen LogP contribution in [0.1, 0.15) is 10.4 Å². The number of carbonyl (C=O) groups is 2. The summed E-state index contributed by atoms with van der Waals surface area (Å²) in [5.41, 5.74) is 1.05. The van der Waals surface area contributed by atoms with Crippen LogP contribution in [0.4, 0.5) is 10.5 Å². The third kappa shape index (κ3) is 0.894. The van der Waals surface area contributed by atoms with E-state index in [1.165, 1.54) is 11.3 Å². The minimum Gasteiger partial charge on any atom is -0.304 e. The molecule has 1 aliphatic rings. The zero-order chi connectivity index (χ0) is 7.84. The fourth-order valence-corrected chi connectivity index (χ4v) is 1.61.